The van der Waals surface area contributed by atoms with Crippen LogP contribution in [0.2, 0.25) is 0 Å². The van der Waals surface area contributed by atoms with E-state index in [4.69, 9.17) is 13.7 Å². The van der Waals surface area contributed by atoms with Crippen LogP contribution in [0.15, 0.2) is 21.1 Å². The lowest BCUT2D eigenvalue weighted by Crippen LogP contribution is -2.48. The van der Waals surface area contributed by atoms with Gasteiger partial charge in [-0.05, 0) is 25.5 Å². The Balaban J connectivity index is 1.63. The van der Waals surface area contributed by atoms with Crippen molar-refractivity contribution in [3.63, 3.8) is 0 Å². The number of aryl methyl sites for hydroxylation is 2. The van der Waals surface area contributed by atoms with E-state index in [2.05, 4.69) is 15.5 Å². The molecule has 0 radical (unpaired) electrons. The van der Waals surface area contributed by atoms with Gasteiger partial charge in [-0.15, -0.1) is 0 Å². The van der Waals surface area contributed by atoms with Gasteiger partial charge in [-0.3, -0.25) is 0 Å². The lowest BCUT2D eigenvalue weighted by molar-refractivity contribution is -0.0267. The average molecular weight is 334 g/mol. The highest BCUT2D eigenvalue weighted by Crippen LogP contribution is 2.24. The maximum atomic E-state index is 12.6. The lowest BCUT2D eigenvalue weighted by Gasteiger charge is -2.32. The zero-order valence-electron chi connectivity index (χ0n) is 14.1. The second kappa shape index (κ2) is 7.04. The third-order valence-electron chi connectivity index (χ3n) is 3.99. The molecule has 8 heteroatoms. The average Bonchev–Trinajstić information content (AvgIpc) is 3.21. The van der Waals surface area contributed by atoms with Gasteiger partial charge in [-0.2, -0.15) is 4.98 Å². The molecule has 0 aliphatic carbocycles. The summed E-state index contributed by atoms with van der Waals surface area (Å²) in [5, 5.41) is 6.85. The summed E-state index contributed by atoms with van der Waals surface area (Å²) in [4.78, 5) is 18.5. The molecule has 1 saturated heterocycles. The Morgan fingerprint density at radius 1 is 1.46 bits per heavy atom. The highest BCUT2D eigenvalue weighted by Gasteiger charge is 2.29. The van der Waals surface area contributed by atoms with Gasteiger partial charge in [0.05, 0.1) is 19.2 Å². The molecular weight excluding hydrogens is 312 g/mol. The molecule has 1 aliphatic heterocycles. The van der Waals surface area contributed by atoms with Crippen LogP contribution in [-0.2, 0) is 4.74 Å². The molecule has 0 unspecified atom stereocenters. The fraction of sp³-hybridized carbons (Fsp3) is 0.562. The van der Waals surface area contributed by atoms with Crippen LogP contribution in [0.5, 0.6) is 0 Å². The van der Waals surface area contributed by atoms with E-state index < -0.39 is 0 Å². The van der Waals surface area contributed by atoms with Crippen molar-refractivity contribution in [3.8, 4) is 0 Å². The van der Waals surface area contributed by atoms with E-state index in [0.29, 0.717) is 37.8 Å². The number of hydrogen-bond acceptors (Lipinski definition) is 6. The predicted octanol–water partition coefficient (Wildman–Crippen LogP) is 2.51. The first-order valence-corrected chi connectivity index (χ1v) is 8.10. The van der Waals surface area contributed by atoms with E-state index in [0.717, 1.165) is 11.5 Å². The number of carbonyl (C=O) groups is 1. The number of ether oxygens (including phenoxy) is 1. The molecule has 3 rings (SSSR count). The fourth-order valence-electron chi connectivity index (χ4n) is 2.68. The number of urea groups is 1. The van der Waals surface area contributed by atoms with Crippen molar-refractivity contribution in [3.05, 3.63) is 35.4 Å². The van der Waals surface area contributed by atoms with Crippen molar-refractivity contribution in [2.75, 3.05) is 19.7 Å². The summed E-state index contributed by atoms with van der Waals surface area (Å²) < 4.78 is 16.3. The molecule has 0 aromatic carbocycles. The summed E-state index contributed by atoms with van der Waals surface area (Å²) in [5.74, 6) is 2.55. The van der Waals surface area contributed by atoms with E-state index in [1.807, 2.05) is 26.0 Å². The molecule has 1 aliphatic rings. The standard InChI is InChI=1S/C16H22N4O4/c1-4-12(15-17-11(3)24-19-15)18-16(21)20-7-8-22-14(9-20)13-6-5-10(2)23-13/h5-6,12,14H,4,7-9H2,1-3H3,(H,18,21)/t12-,14-/m1/s1. The first-order valence-electron chi connectivity index (χ1n) is 8.10. The van der Waals surface area contributed by atoms with Gasteiger partial charge in [0.25, 0.3) is 0 Å². The van der Waals surface area contributed by atoms with Gasteiger partial charge < -0.3 is 23.9 Å². The Morgan fingerprint density at radius 3 is 2.92 bits per heavy atom. The number of hydrogen-bond donors (Lipinski definition) is 1. The van der Waals surface area contributed by atoms with E-state index in [9.17, 15) is 4.79 Å². The van der Waals surface area contributed by atoms with Gasteiger partial charge in [0.15, 0.2) is 5.82 Å². The Kier molecular flexibility index (Phi) is 4.84. The van der Waals surface area contributed by atoms with Crippen molar-refractivity contribution >= 4 is 6.03 Å². The second-order valence-electron chi connectivity index (χ2n) is 5.84. The van der Waals surface area contributed by atoms with E-state index in [1.54, 1.807) is 11.8 Å². The van der Waals surface area contributed by atoms with Crippen molar-refractivity contribution in [2.24, 2.45) is 0 Å². The number of furan rings is 1. The van der Waals surface area contributed by atoms with Crippen molar-refractivity contribution in [1.82, 2.24) is 20.4 Å². The van der Waals surface area contributed by atoms with Crippen LogP contribution in [0.25, 0.3) is 0 Å². The fourth-order valence-corrected chi connectivity index (χ4v) is 2.68. The van der Waals surface area contributed by atoms with E-state index >= 15 is 0 Å². The molecule has 1 fully saturated rings. The maximum Gasteiger partial charge on any atom is 0.318 e. The number of rotatable bonds is 4. The van der Waals surface area contributed by atoms with E-state index in [1.165, 1.54) is 0 Å². The van der Waals surface area contributed by atoms with Gasteiger partial charge in [0.1, 0.15) is 17.6 Å². The molecule has 2 aromatic rings. The highest BCUT2D eigenvalue weighted by atomic mass is 16.5. The Morgan fingerprint density at radius 2 is 2.29 bits per heavy atom. The Bertz CT molecular complexity index is 696. The minimum Gasteiger partial charge on any atom is -0.464 e. The molecule has 2 amide bonds. The summed E-state index contributed by atoms with van der Waals surface area (Å²) >= 11 is 0. The first-order chi connectivity index (χ1) is 11.6. The number of nitrogens with zero attached hydrogens (tertiary/aromatic N) is 3. The number of nitrogens with one attached hydrogen (secondary N) is 1. The van der Waals surface area contributed by atoms with Crippen LogP contribution >= 0.6 is 0 Å². The molecule has 1 N–H and O–H groups in total. The smallest absolute Gasteiger partial charge is 0.318 e. The van der Waals surface area contributed by atoms with Crippen LogP contribution in [0.4, 0.5) is 4.79 Å². The maximum absolute atomic E-state index is 12.6. The van der Waals surface area contributed by atoms with Gasteiger partial charge in [-0.25, -0.2) is 4.79 Å². The number of morpholine rings is 1. The first kappa shape index (κ1) is 16.5. The molecule has 2 aromatic heterocycles. The number of amides is 2. The SMILES string of the molecule is CC[C@@H](NC(=O)N1CCO[C@@H](c2ccc(C)o2)C1)c1noc(C)n1. The highest BCUT2D eigenvalue weighted by molar-refractivity contribution is 5.74. The molecule has 3 heterocycles. The van der Waals surface area contributed by atoms with Crippen molar-refractivity contribution in [2.45, 2.75) is 39.3 Å². The molecule has 0 saturated carbocycles. The molecule has 130 valence electrons. The van der Waals surface area contributed by atoms with E-state index in [-0.39, 0.29) is 18.2 Å². The summed E-state index contributed by atoms with van der Waals surface area (Å²) in [6.07, 6.45) is 0.432. The van der Waals surface area contributed by atoms with Gasteiger partial charge in [0, 0.05) is 13.5 Å². The summed E-state index contributed by atoms with van der Waals surface area (Å²) in [7, 11) is 0. The third-order valence-corrected chi connectivity index (χ3v) is 3.99. The summed E-state index contributed by atoms with van der Waals surface area (Å²) in [5.41, 5.74) is 0. The minimum atomic E-state index is -0.276. The monoisotopic (exact) mass is 334 g/mol. The van der Waals surface area contributed by atoms with Gasteiger partial charge in [-0.1, -0.05) is 12.1 Å². The lowest BCUT2D eigenvalue weighted by atomic mass is 10.2. The summed E-state index contributed by atoms with van der Waals surface area (Å²) in [6.45, 7) is 7.02. The largest absolute Gasteiger partial charge is 0.464 e. The quantitative estimate of drug-likeness (QED) is 0.923. The molecule has 0 bridgehead atoms. The van der Waals surface area contributed by atoms with Crippen molar-refractivity contribution < 1.29 is 18.5 Å². The van der Waals surface area contributed by atoms with Gasteiger partial charge in [0.2, 0.25) is 5.89 Å². The zero-order valence-corrected chi connectivity index (χ0v) is 14.1. The van der Waals surface area contributed by atoms with Crippen LogP contribution in [0, 0.1) is 13.8 Å². The molecular formula is C16H22N4O4. The summed E-state index contributed by atoms with van der Waals surface area (Å²) in [6, 6.07) is 3.34. The topological polar surface area (TPSA) is 93.6 Å². The number of carbonyl (C=O) groups excluding carboxylic acids is 1. The second-order valence-corrected chi connectivity index (χ2v) is 5.84. The normalized spacial score (nSPS) is 19.3. The Labute approximate surface area is 140 Å². The van der Waals surface area contributed by atoms with Crippen molar-refractivity contribution in [1.29, 1.82) is 0 Å². The van der Waals surface area contributed by atoms with Crippen LogP contribution < -0.4 is 5.32 Å². The molecule has 24 heavy (non-hydrogen) atoms. The molecule has 8 nitrogen and oxygen atoms in total. The Hall–Kier alpha value is -2.35. The molecule has 2 atom stereocenters. The van der Waals surface area contributed by atoms with Crippen LogP contribution in [0.3, 0.4) is 0 Å². The predicted molar refractivity (Wildman–Crippen MR) is 84.3 cm³/mol. The van der Waals surface area contributed by atoms with Crippen LogP contribution in [-0.4, -0.2) is 40.8 Å². The number of aromatic nitrogens is 2. The molecule has 0 spiro atoms. The van der Waals surface area contributed by atoms with Crippen LogP contribution in [0.1, 0.15) is 48.7 Å². The minimum absolute atomic E-state index is 0.166. The zero-order chi connectivity index (χ0) is 17.1. The van der Waals surface area contributed by atoms with Gasteiger partial charge >= 0.3 is 6.03 Å². The third kappa shape index (κ3) is 3.59.